The Morgan fingerprint density at radius 3 is 1.10 bits per heavy atom. The van der Waals surface area contributed by atoms with Gasteiger partial charge in [-0.2, -0.15) is 13.2 Å². The fourth-order valence-electron chi connectivity index (χ4n) is 6.58. The van der Waals surface area contributed by atoms with E-state index in [0.717, 1.165) is 64.6 Å². The van der Waals surface area contributed by atoms with E-state index in [1.165, 1.54) is 0 Å². The van der Waals surface area contributed by atoms with E-state index in [1.807, 2.05) is 84.9 Å². The van der Waals surface area contributed by atoms with E-state index in [1.54, 1.807) is 0 Å². The van der Waals surface area contributed by atoms with Gasteiger partial charge in [-0.05, 0) is 88.9 Å². The summed E-state index contributed by atoms with van der Waals surface area (Å²) in [6.07, 6.45) is -6.00. The average Bonchev–Trinajstić information content (AvgIpc) is 2.96. The molecule has 0 N–H and O–H groups in total. The van der Waals surface area contributed by atoms with Crippen LogP contribution in [0.3, 0.4) is 0 Å². The molecule has 0 atom stereocenters. The molecule has 0 aliphatic carbocycles. The lowest BCUT2D eigenvalue weighted by atomic mass is 9.94. The van der Waals surface area contributed by atoms with Gasteiger partial charge in [0.25, 0.3) is 0 Å². The van der Waals surface area contributed by atoms with Crippen LogP contribution in [0, 0.1) is 0 Å². The summed E-state index contributed by atoms with van der Waals surface area (Å²) in [6, 6.07) is 35.8. The highest BCUT2D eigenvalue weighted by atomic mass is 31.2. The molecule has 0 amide bonds. The van der Waals surface area contributed by atoms with E-state index in [-0.39, 0.29) is 0 Å². The van der Waals surface area contributed by atoms with Crippen LogP contribution in [0.2, 0.25) is 0 Å². The molecular formula is C35H22F3OP. The number of alkyl halides is 3. The number of hydrogen-bond donors (Lipinski definition) is 0. The third-order valence-electron chi connectivity index (χ3n) is 8.44. The van der Waals surface area contributed by atoms with Crippen molar-refractivity contribution in [2.45, 2.75) is 12.6 Å². The van der Waals surface area contributed by atoms with E-state index in [9.17, 15) is 13.2 Å². The third-order valence-corrected chi connectivity index (χ3v) is 11.5. The Morgan fingerprint density at radius 1 is 0.475 bits per heavy atom. The van der Waals surface area contributed by atoms with Crippen LogP contribution < -0.4 is 10.6 Å². The minimum Gasteiger partial charge on any atom is -0.314 e. The van der Waals surface area contributed by atoms with E-state index >= 15 is 4.57 Å². The average molecular weight is 547 g/mol. The first-order valence-electron chi connectivity index (χ1n) is 13.3. The fraction of sp³-hybridized carbons (Fsp3) is 0.0857. The first kappa shape index (κ1) is 23.7. The van der Waals surface area contributed by atoms with Crippen LogP contribution in [0.15, 0.2) is 109 Å². The molecule has 194 valence electrons. The van der Waals surface area contributed by atoms with Gasteiger partial charge in [0.2, 0.25) is 0 Å². The van der Waals surface area contributed by atoms with Crippen molar-refractivity contribution < 1.29 is 17.7 Å². The zero-order valence-electron chi connectivity index (χ0n) is 21.3. The molecule has 0 aromatic heterocycles. The molecule has 8 aromatic rings. The summed E-state index contributed by atoms with van der Waals surface area (Å²) in [4.78, 5) is 0. The molecule has 0 saturated carbocycles. The van der Waals surface area contributed by atoms with Crippen molar-refractivity contribution >= 4 is 82.4 Å². The van der Waals surface area contributed by atoms with E-state index in [2.05, 4.69) is 24.3 Å². The maximum absolute atomic E-state index is 15.1. The van der Waals surface area contributed by atoms with Gasteiger partial charge in [-0.15, -0.1) is 0 Å². The molecular weight excluding hydrogens is 524 g/mol. The molecule has 0 bridgehead atoms. The van der Waals surface area contributed by atoms with Crippen molar-refractivity contribution in [2.75, 3.05) is 6.16 Å². The summed E-state index contributed by atoms with van der Waals surface area (Å²) in [5, 5.41) is 13.3. The van der Waals surface area contributed by atoms with Crippen LogP contribution in [-0.4, -0.2) is 12.3 Å². The second-order valence-corrected chi connectivity index (χ2v) is 13.7. The largest absolute Gasteiger partial charge is 0.389 e. The Labute approximate surface area is 227 Å². The predicted molar refractivity (Wildman–Crippen MR) is 163 cm³/mol. The van der Waals surface area contributed by atoms with Crippen LogP contribution in [0.25, 0.3) is 64.6 Å². The smallest absolute Gasteiger partial charge is 0.314 e. The Hall–Kier alpha value is -4.14. The van der Waals surface area contributed by atoms with Crippen molar-refractivity contribution in [3.63, 3.8) is 0 Å². The molecule has 40 heavy (non-hydrogen) atoms. The molecule has 0 heterocycles. The van der Waals surface area contributed by atoms with Gasteiger partial charge in [-0.25, -0.2) is 0 Å². The number of halogens is 3. The quantitative estimate of drug-likeness (QED) is 0.159. The highest BCUT2D eigenvalue weighted by Crippen LogP contribution is 2.49. The Balaban J connectivity index is 1.41. The zero-order valence-corrected chi connectivity index (χ0v) is 22.2. The Morgan fingerprint density at radius 2 is 0.775 bits per heavy atom. The van der Waals surface area contributed by atoms with E-state index in [0.29, 0.717) is 10.6 Å². The topological polar surface area (TPSA) is 17.1 Å². The molecule has 1 nitrogen and oxygen atoms in total. The molecule has 0 fully saturated rings. The van der Waals surface area contributed by atoms with Gasteiger partial charge in [0.15, 0.2) is 0 Å². The zero-order chi connectivity index (χ0) is 27.2. The first-order chi connectivity index (χ1) is 19.3. The maximum Gasteiger partial charge on any atom is 0.389 e. The SMILES string of the molecule is O=P(CCC(F)(F)F)(c1cc2ccc3cccc4ccc(c1)c2c34)c1cc2ccc3cccc4ccc(c1)c2c34. The lowest BCUT2D eigenvalue weighted by Gasteiger charge is -2.23. The number of hydrogen-bond acceptors (Lipinski definition) is 1. The highest BCUT2D eigenvalue weighted by Gasteiger charge is 2.36. The van der Waals surface area contributed by atoms with Crippen molar-refractivity contribution in [1.29, 1.82) is 0 Å². The van der Waals surface area contributed by atoms with Gasteiger partial charge in [0.05, 0.1) is 6.42 Å². The minimum absolute atomic E-state index is 0.468. The normalized spacial score (nSPS) is 13.2. The first-order valence-corrected chi connectivity index (χ1v) is 15.2. The molecule has 0 unspecified atom stereocenters. The second-order valence-electron chi connectivity index (χ2n) is 10.8. The molecule has 0 radical (unpaired) electrons. The monoisotopic (exact) mass is 546 g/mol. The molecule has 8 rings (SSSR count). The summed E-state index contributed by atoms with van der Waals surface area (Å²) in [6.45, 7) is 0. The van der Waals surface area contributed by atoms with Crippen LogP contribution in [-0.2, 0) is 4.57 Å². The lowest BCUT2D eigenvalue weighted by molar-refractivity contribution is -0.129. The van der Waals surface area contributed by atoms with Crippen LogP contribution in [0.1, 0.15) is 6.42 Å². The van der Waals surface area contributed by atoms with Crippen molar-refractivity contribution in [3.8, 4) is 0 Å². The van der Waals surface area contributed by atoms with Crippen molar-refractivity contribution in [1.82, 2.24) is 0 Å². The summed E-state index contributed by atoms with van der Waals surface area (Å²) in [5.41, 5.74) is 0. The molecule has 5 heteroatoms. The maximum atomic E-state index is 15.1. The van der Waals surface area contributed by atoms with Gasteiger partial charge in [-0.1, -0.05) is 84.9 Å². The summed E-state index contributed by atoms with van der Waals surface area (Å²) < 4.78 is 56.0. The van der Waals surface area contributed by atoms with E-state index in [4.69, 9.17) is 0 Å². The van der Waals surface area contributed by atoms with E-state index < -0.39 is 25.9 Å². The van der Waals surface area contributed by atoms with Gasteiger partial charge in [0.1, 0.15) is 7.14 Å². The molecule has 0 aliphatic rings. The fourth-order valence-corrected chi connectivity index (χ4v) is 9.36. The molecule has 0 aliphatic heterocycles. The third kappa shape index (κ3) is 3.46. The Bertz CT molecular complexity index is 2020. The summed E-state index contributed by atoms with van der Waals surface area (Å²) in [5.74, 6) is 0. The summed E-state index contributed by atoms with van der Waals surface area (Å²) >= 11 is 0. The van der Waals surface area contributed by atoms with Gasteiger partial charge < -0.3 is 4.57 Å². The van der Waals surface area contributed by atoms with Crippen molar-refractivity contribution in [3.05, 3.63) is 109 Å². The van der Waals surface area contributed by atoms with Gasteiger partial charge in [-0.3, -0.25) is 0 Å². The molecule has 0 saturated heterocycles. The minimum atomic E-state index is -4.41. The highest BCUT2D eigenvalue weighted by molar-refractivity contribution is 7.78. The Kier molecular flexibility index (Phi) is 4.86. The van der Waals surface area contributed by atoms with Crippen LogP contribution in [0.4, 0.5) is 13.2 Å². The lowest BCUT2D eigenvalue weighted by Crippen LogP contribution is -2.22. The predicted octanol–water partition coefficient (Wildman–Crippen LogP) is 9.75. The van der Waals surface area contributed by atoms with Gasteiger partial charge in [0, 0.05) is 16.8 Å². The van der Waals surface area contributed by atoms with Gasteiger partial charge >= 0.3 is 6.18 Å². The number of rotatable bonds is 4. The second kappa shape index (κ2) is 8.19. The standard InChI is InChI=1S/C35H22F3OP/c36-35(37,38)15-16-40(39,29-17-25-11-7-21-3-1-4-22-8-12-26(18-29)33(25)31(21)22)30-19-27-13-9-23-5-2-6-24-10-14-28(20-30)34(27)32(23)24/h1-14,17-20H,15-16H2. The number of benzene rings is 8. The molecule has 0 spiro atoms. The van der Waals surface area contributed by atoms with Crippen LogP contribution >= 0.6 is 7.14 Å². The van der Waals surface area contributed by atoms with Crippen molar-refractivity contribution in [2.24, 2.45) is 0 Å². The summed E-state index contributed by atoms with van der Waals surface area (Å²) in [7, 11) is -3.68. The molecule has 8 aromatic carbocycles. The van der Waals surface area contributed by atoms with Crippen LogP contribution in [0.5, 0.6) is 0 Å².